The molecule has 4 rings (SSSR count). The molecule has 0 saturated carbocycles. The number of amides is 1. The van der Waals surface area contributed by atoms with Crippen LogP contribution >= 0.6 is 0 Å². The van der Waals surface area contributed by atoms with Gasteiger partial charge in [0.25, 0.3) is 0 Å². The van der Waals surface area contributed by atoms with Crippen LogP contribution in [0.2, 0.25) is 0 Å². The Bertz CT molecular complexity index is 1150. The van der Waals surface area contributed by atoms with Crippen LogP contribution in [0, 0.1) is 5.41 Å². The van der Waals surface area contributed by atoms with Crippen LogP contribution < -0.4 is 5.32 Å². The van der Waals surface area contributed by atoms with Crippen LogP contribution in [0.5, 0.6) is 0 Å². The van der Waals surface area contributed by atoms with Gasteiger partial charge in [0, 0.05) is 11.3 Å². The first-order valence-electron chi connectivity index (χ1n) is 8.34. The summed E-state index contributed by atoms with van der Waals surface area (Å²) in [5.41, 5.74) is 5.20. The van der Waals surface area contributed by atoms with Crippen molar-refractivity contribution in [2.75, 3.05) is 0 Å². The quantitative estimate of drug-likeness (QED) is 0.378. The summed E-state index contributed by atoms with van der Waals surface area (Å²) in [6.45, 7) is 0. The van der Waals surface area contributed by atoms with Crippen molar-refractivity contribution in [3.63, 3.8) is 0 Å². The molecule has 3 aromatic carbocycles. The number of nitrogens with zero attached hydrogens (tertiary/aromatic N) is 2. The zero-order chi connectivity index (χ0) is 18.8. The third-order valence-electron chi connectivity index (χ3n) is 4.30. The lowest BCUT2D eigenvalue weighted by Gasteiger charge is -2.09. The number of aromatic nitrogens is 2. The zero-order valence-electron chi connectivity index (χ0n) is 14.3. The van der Waals surface area contributed by atoms with Crippen LogP contribution in [-0.2, 0) is 0 Å². The Morgan fingerprint density at radius 3 is 2.52 bits per heavy atom. The van der Waals surface area contributed by atoms with Gasteiger partial charge in [-0.3, -0.25) is 15.3 Å². The molecule has 0 saturated heterocycles. The van der Waals surface area contributed by atoms with Gasteiger partial charge >= 0.3 is 6.09 Å². The molecule has 0 spiro atoms. The molecule has 0 bridgehead atoms. The Morgan fingerprint density at radius 1 is 0.963 bits per heavy atom. The molecule has 0 aliphatic heterocycles. The molecule has 0 aliphatic rings. The first kappa shape index (κ1) is 16.5. The average molecular weight is 356 g/mol. The third-order valence-corrected chi connectivity index (χ3v) is 4.30. The zero-order valence-corrected chi connectivity index (χ0v) is 14.3. The van der Waals surface area contributed by atoms with E-state index in [1.54, 1.807) is 24.5 Å². The van der Waals surface area contributed by atoms with Crippen LogP contribution in [-0.4, -0.2) is 26.6 Å². The molecule has 6 nitrogen and oxygen atoms in total. The number of carbonyl (C=O) groups is 1. The van der Waals surface area contributed by atoms with Gasteiger partial charge in [0.2, 0.25) is 0 Å². The van der Waals surface area contributed by atoms with E-state index in [0.717, 1.165) is 27.8 Å². The van der Waals surface area contributed by atoms with Gasteiger partial charge < -0.3 is 5.11 Å². The molecule has 1 aromatic heterocycles. The fourth-order valence-electron chi connectivity index (χ4n) is 3.01. The molecule has 1 amide bonds. The minimum absolute atomic E-state index is 0.171. The van der Waals surface area contributed by atoms with Crippen LogP contribution in [0.4, 0.5) is 4.79 Å². The lowest BCUT2D eigenvalue weighted by Crippen LogP contribution is -2.28. The highest BCUT2D eigenvalue weighted by Gasteiger charge is 2.10. The Hall–Kier alpha value is -3.93. The van der Waals surface area contributed by atoms with Crippen molar-refractivity contribution in [3.8, 4) is 16.8 Å². The van der Waals surface area contributed by atoms with Gasteiger partial charge in [0.15, 0.2) is 0 Å². The topological polar surface area (TPSA) is 91.0 Å². The first-order valence-corrected chi connectivity index (χ1v) is 8.34. The summed E-state index contributed by atoms with van der Waals surface area (Å²) in [5.74, 6) is -0.171. The van der Waals surface area contributed by atoms with E-state index in [0.29, 0.717) is 5.56 Å². The largest absolute Gasteiger partial charge is 0.465 e. The van der Waals surface area contributed by atoms with Gasteiger partial charge in [-0.15, -0.1) is 0 Å². The van der Waals surface area contributed by atoms with Crippen molar-refractivity contribution in [2.45, 2.75) is 0 Å². The van der Waals surface area contributed by atoms with E-state index >= 15 is 0 Å². The summed E-state index contributed by atoms with van der Waals surface area (Å²) >= 11 is 0. The molecular weight excluding hydrogens is 340 g/mol. The molecule has 6 heteroatoms. The van der Waals surface area contributed by atoms with Crippen LogP contribution in [0.3, 0.4) is 0 Å². The van der Waals surface area contributed by atoms with Crippen molar-refractivity contribution in [3.05, 3.63) is 84.7 Å². The van der Waals surface area contributed by atoms with Gasteiger partial charge in [-0.25, -0.2) is 9.78 Å². The Morgan fingerprint density at radius 2 is 1.74 bits per heavy atom. The Balaban J connectivity index is 1.78. The second kappa shape index (κ2) is 6.76. The van der Waals surface area contributed by atoms with E-state index in [1.165, 1.54) is 0 Å². The second-order valence-electron chi connectivity index (χ2n) is 6.04. The van der Waals surface area contributed by atoms with Gasteiger partial charge in [0.1, 0.15) is 12.2 Å². The number of amidine groups is 1. The van der Waals surface area contributed by atoms with E-state index in [-0.39, 0.29) is 5.84 Å². The summed E-state index contributed by atoms with van der Waals surface area (Å²) in [7, 11) is 0. The molecule has 3 N–H and O–H groups in total. The highest BCUT2D eigenvalue weighted by atomic mass is 16.4. The molecule has 0 fully saturated rings. The monoisotopic (exact) mass is 356 g/mol. The van der Waals surface area contributed by atoms with E-state index in [2.05, 4.69) is 34.6 Å². The number of nitrogens with one attached hydrogen (secondary N) is 2. The predicted octanol–water partition coefficient (Wildman–Crippen LogP) is 4.29. The molecule has 4 aromatic rings. The number of imidazole rings is 1. The molecular formula is C21H16N4O2. The lowest BCUT2D eigenvalue weighted by atomic mass is 10.1. The van der Waals surface area contributed by atoms with Crippen molar-refractivity contribution in [1.29, 1.82) is 5.41 Å². The number of hydrogen-bond donors (Lipinski definition) is 3. The minimum Gasteiger partial charge on any atom is -0.465 e. The molecule has 1 heterocycles. The fourth-order valence-corrected chi connectivity index (χ4v) is 3.01. The standard InChI is InChI=1S/C21H16N4O2/c22-20(24-21(26)27)16-9-10-18-19(12-16)25(13-23-18)17-8-4-7-15(11-17)14-5-2-1-3-6-14/h1-13H,(H2,22,24)(H,26,27). The molecule has 0 aliphatic carbocycles. The van der Waals surface area contributed by atoms with Gasteiger partial charge in [-0.2, -0.15) is 0 Å². The highest BCUT2D eigenvalue weighted by Crippen LogP contribution is 2.25. The molecule has 132 valence electrons. The number of benzene rings is 3. The average Bonchev–Trinajstić information content (AvgIpc) is 3.11. The maximum Gasteiger partial charge on any atom is 0.410 e. The number of hydrogen-bond acceptors (Lipinski definition) is 3. The normalized spacial score (nSPS) is 10.7. The Kier molecular flexibility index (Phi) is 4.14. The smallest absolute Gasteiger partial charge is 0.410 e. The third kappa shape index (κ3) is 3.28. The summed E-state index contributed by atoms with van der Waals surface area (Å²) in [4.78, 5) is 15.2. The highest BCUT2D eigenvalue weighted by molar-refractivity contribution is 6.05. The van der Waals surface area contributed by atoms with Gasteiger partial charge in [0.05, 0.1) is 11.0 Å². The number of fused-ring (bicyclic) bond motifs is 1. The van der Waals surface area contributed by atoms with E-state index < -0.39 is 6.09 Å². The van der Waals surface area contributed by atoms with Crippen molar-refractivity contribution in [2.24, 2.45) is 0 Å². The van der Waals surface area contributed by atoms with E-state index in [9.17, 15) is 4.79 Å². The molecule has 0 unspecified atom stereocenters. The first-order chi connectivity index (χ1) is 13.1. The fraction of sp³-hybridized carbons (Fsp3) is 0. The number of carboxylic acid groups (broad SMARTS) is 1. The second-order valence-corrected chi connectivity index (χ2v) is 6.04. The summed E-state index contributed by atoms with van der Waals surface area (Å²) in [6.07, 6.45) is 0.469. The summed E-state index contributed by atoms with van der Waals surface area (Å²) in [6, 6.07) is 23.4. The van der Waals surface area contributed by atoms with Crippen molar-refractivity contribution < 1.29 is 9.90 Å². The van der Waals surface area contributed by atoms with Crippen LogP contribution in [0.1, 0.15) is 5.56 Å². The van der Waals surface area contributed by atoms with Gasteiger partial charge in [-0.05, 0) is 41.5 Å². The molecule has 27 heavy (non-hydrogen) atoms. The predicted molar refractivity (Wildman–Crippen MR) is 104 cm³/mol. The van der Waals surface area contributed by atoms with Crippen molar-refractivity contribution >= 4 is 23.0 Å². The van der Waals surface area contributed by atoms with Crippen LogP contribution in [0.25, 0.3) is 27.8 Å². The van der Waals surface area contributed by atoms with Gasteiger partial charge in [-0.1, -0.05) is 42.5 Å². The summed E-state index contributed by atoms with van der Waals surface area (Å²) in [5, 5.41) is 18.8. The number of rotatable bonds is 3. The minimum atomic E-state index is -1.26. The molecule has 0 atom stereocenters. The van der Waals surface area contributed by atoms with E-state index in [1.807, 2.05) is 34.9 Å². The summed E-state index contributed by atoms with van der Waals surface area (Å²) < 4.78 is 1.93. The molecule has 0 radical (unpaired) electrons. The van der Waals surface area contributed by atoms with E-state index in [4.69, 9.17) is 10.5 Å². The van der Waals surface area contributed by atoms with Crippen LogP contribution in [0.15, 0.2) is 79.1 Å². The Labute approximate surface area is 155 Å². The SMILES string of the molecule is N=C(NC(=O)O)c1ccc2ncn(-c3cccc(-c4ccccc4)c3)c2c1. The lowest BCUT2D eigenvalue weighted by molar-refractivity contribution is 0.200. The maximum atomic E-state index is 10.8. The van der Waals surface area contributed by atoms with Crippen molar-refractivity contribution in [1.82, 2.24) is 14.9 Å². The maximum absolute atomic E-state index is 10.8.